The number of imidazole rings is 1. The number of hydrogen-bond donors (Lipinski definition) is 1. The third kappa shape index (κ3) is 4.26. The maximum absolute atomic E-state index is 12.2. The number of amides is 1. The third-order valence-corrected chi connectivity index (χ3v) is 4.74. The van der Waals surface area contributed by atoms with Gasteiger partial charge in [-0.25, -0.2) is 4.98 Å². The lowest BCUT2D eigenvalue weighted by Crippen LogP contribution is -2.30. The van der Waals surface area contributed by atoms with Gasteiger partial charge in [0.15, 0.2) is 0 Å². The quantitative estimate of drug-likeness (QED) is 0.698. The smallest absolute Gasteiger partial charge is 0.233 e. The zero-order chi connectivity index (χ0) is 16.8. The molecule has 0 aliphatic rings. The van der Waals surface area contributed by atoms with Crippen molar-refractivity contribution in [3.05, 3.63) is 78.9 Å². The Morgan fingerprint density at radius 1 is 1.17 bits per heavy atom. The Kier molecular flexibility index (Phi) is 5.33. The molecule has 3 aromatic rings. The highest BCUT2D eigenvalue weighted by Crippen LogP contribution is 2.22. The van der Waals surface area contributed by atoms with E-state index < -0.39 is 0 Å². The summed E-state index contributed by atoms with van der Waals surface area (Å²) >= 11 is 1.57. The van der Waals surface area contributed by atoms with Gasteiger partial charge in [-0.05, 0) is 36.8 Å². The summed E-state index contributed by atoms with van der Waals surface area (Å²) in [7, 11) is 0. The molecule has 0 fully saturated rings. The molecule has 0 bridgehead atoms. The first kappa shape index (κ1) is 16.3. The van der Waals surface area contributed by atoms with Gasteiger partial charge >= 0.3 is 0 Å². The second-order valence-corrected chi connectivity index (χ2v) is 6.84. The van der Waals surface area contributed by atoms with Crippen LogP contribution in [0.2, 0.25) is 0 Å². The lowest BCUT2D eigenvalue weighted by molar-refractivity contribution is -0.120. The molecule has 0 unspecified atom stereocenters. The van der Waals surface area contributed by atoms with Crippen molar-refractivity contribution in [3.8, 4) is 5.69 Å². The first-order chi connectivity index (χ1) is 11.7. The zero-order valence-electron chi connectivity index (χ0n) is 13.4. The molecule has 4 nitrogen and oxygen atoms in total. The number of aromatic nitrogens is 2. The fourth-order valence-electron chi connectivity index (χ4n) is 2.29. The predicted molar refractivity (Wildman–Crippen MR) is 97.2 cm³/mol. The van der Waals surface area contributed by atoms with Gasteiger partial charge in [0.05, 0.1) is 11.6 Å². The van der Waals surface area contributed by atoms with E-state index in [0.29, 0.717) is 6.54 Å². The first-order valence-corrected chi connectivity index (χ1v) is 8.67. The molecule has 1 N–H and O–H groups in total. The Hall–Kier alpha value is -2.53. The van der Waals surface area contributed by atoms with E-state index in [9.17, 15) is 4.79 Å². The zero-order valence-corrected chi connectivity index (χ0v) is 14.2. The highest BCUT2D eigenvalue weighted by molar-refractivity contribution is 8.00. The number of thioether (sulfide) groups is 1. The molecule has 122 valence electrons. The topological polar surface area (TPSA) is 46.9 Å². The Labute approximate surface area is 145 Å². The van der Waals surface area contributed by atoms with Crippen molar-refractivity contribution in [1.82, 2.24) is 14.9 Å². The number of benzene rings is 2. The van der Waals surface area contributed by atoms with E-state index in [-0.39, 0.29) is 11.2 Å². The molecule has 0 spiro atoms. The summed E-state index contributed by atoms with van der Waals surface area (Å²) in [5, 5.41) is 2.87. The molecule has 2 aromatic carbocycles. The second kappa shape index (κ2) is 7.84. The highest BCUT2D eigenvalue weighted by Gasteiger charge is 2.13. The molecule has 1 atom stereocenters. The molecule has 0 aliphatic carbocycles. The molecule has 0 aliphatic heterocycles. The van der Waals surface area contributed by atoms with E-state index in [4.69, 9.17) is 0 Å². The number of hydrogen-bond acceptors (Lipinski definition) is 3. The fraction of sp³-hybridized carbons (Fsp3) is 0.158. The van der Waals surface area contributed by atoms with Gasteiger partial charge in [-0.15, -0.1) is 11.8 Å². The van der Waals surface area contributed by atoms with Crippen LogP contribution in [0.15, 0.2) is 78.2 Å². The van der Waals surface area contributed by atoms with Crippen molar-refractivity contribution >= 4 is 17.7 Å². The minimum absolute atomic E-state index is 0.0440. The number of nitrogens with one attached hydrogen (secondary N) is 1. The van der Waals surface area contributed by atoms with E-state index in [1.54, 1.807) is 24.3 Å². The molecule has 1 aromatic heterocycles. The molecule has 1 heterocycles. The Morgan fingerprint density at radius 3 is 2.58 bits per heavy atom. The normalized spacial score (nSPS) is 11.9. The molecular weight excluding hydrogens is 318 g/mol. The van der Waals surface area contributed by atoms with E-state index in [1.165, 1.54) is 0 Å². The van der Waals surface area contributed by atoms with Gasteiger partial charge < -0.3 is 9.88 Å². The number of carbonyl (C=O) groups is 1. The van der Waals surface area contributed by atoms with Gasteiger partial charge in [0.2, 0.25) is 5.91 Å². The van der Waals surface area contributed by atoms with Crippen LogP contribution in [0, 0.1) is 0 Å². The first-order valence-electron chi connectivity index (χ1n) is 7.79. The van der Waals surface area contributed by atoms with E-state index in [0.717, 1.165) is 16.1 Å². The van der Waals surface area contributed by atoms with Crippen molar-refractivity contribution in [2.75, 3.05) is 0 Å². The monoisotopic (exact) mass is 337 g/mol. The number of rotatable bonds is 6. The van der Waals surface area contributed by atoms with Crippen molar-refractivity contribution in [3.63, 3.8) is 0 Å². The van der Waals surface area contributed by atoms with Crippen LogP contribution in [-0.2, 0) is 11.3 Å². The van der Waals surface area contributed by atoms with Crippen LogP contribution in [0.4, 0.5) is 0 Å². The van der Waals surface area contributed by atoms with E-state index in [2.05, 4.69) is 10.3 Å². The average molecular weight is 337 g/mol. The van der Waals surface area contributed by atoms with Gasteiger partial charge in [0.25, 0.3) is 0 Å². The molecule has 0 radical (unpaired) electrons. The summed E-state index contributed by atoms with van der Waals surface area (Å²) in [5.41, 5.74) is 2.12. The second-order valence-electron chi connectivity index (χ2n) is 5.43. The van der Waals surface area contributed by atoms with Crippen molar-refractivity contribution in [2.45, 2.75) is 23.6 Å². The van der Waals surface area contributed by atoms with Gasteiger partial charge in [0, 0.05) is 29.5 Å². The largest absolute Gasteiger partial charge is 0.351 e. The highest BCUT2D eigenvalue weighted by atomic mass is 32.2. The molecular formula is C19H19N3OS. The average Bonchev–Trinajstić information content (AvgIpc) is 3.15. The Bertz CT molecular complexity index is 770. The van der Waals surface area contributed by atoms with E-state index >= 15 is 0 Å². The van der Waals surface area contributed by atoms with Gasteiger partial charge in [0.1, 0.15) is 0 Å². The fourth-order valence-corrected chi connectivity index (χ4v) is 3.20. The predicted octanol–water partition coefficient (Wildman–Crippen LogP) is 3.67. The molecule has 5 heteroatoms. The molecule has 1 amide bonds. The molecule has 24 heavy (non-hydrogen) atoms. The van der Waals surface area contributed by atoms with Gasteiger partial charge in [-0.2, -0.15) is 0 Å². The standard InChI is InChI=1S/C19H19N3OS/c1-15(24-18-5-3-2-4-6-18)19(23)21-13-16-7-9-17(10-8-16)22-12-11-20-14-22/h2-12,14-15H,13H2,1H3,(H,21,23)/t15-/m1/s1. The summed E-state index contributed by atoms with van der Waals surface area (Å²) < 4.78 is 1.95. The third-order valence-electron chi connectivity index (χ3n) is 3.63. The summed E-state index contributed by atoms with van der Waals surface area (Å²) in [5.74, 6) is 0.0440. The van der Waals surface area contributed by atoms with Crippen LogP contribution in [0.1, 0.15) is 12.5 Å². The van der Waals surface area contributed by atoms with Crippen LogP contribution in [0.3, 0.4) is 0 Å². The number of nitrogens with zero attached hydrogens (tertiary/aromatic N) is 2. The van der Waals surface area contributed by atoms with Gasteiger partial charge in [-0.1, -0.05) is 30.3 Å². The lowest BCUT2D eigenvalue weighted by atomic mass is 10.2. The minimum atomic E-state index is -0.127. The summed E-state index contributed by atoms with van der Waals surface area (Å²) in [6, 6.07) is 18.0. The number of carbonyl (C=O) groups excluding carboxylic acids is 1. The Balaban J connectivity index is 1.52. The van der Waals surface area contributed by atoms with Crippen LogP contribution >= 0.6 is 11.8 Å². The minimum Gasteiger partial charge on any atom is -0.351 e. The molecule has 3 rings (SSSR count). The van der Waals surface area contributed by atoms with Crippen molar-refractivity contribution in [1.29, 1.82) is 0 Å². The van der Waals surface area contributed by atoms with Crippen LogP contribution in [0.5, 0.6) is 0 Å². The van der Waals surface area contributed by atoms with Crippen molar-refractivity contribution in [2.24, 2.45) is 0 Å². The van der Waals surface area contributed by atoms with Gasteiger partial charge in [-0.3, -0.25) is 4.79 Å². The van der Waals surface area contributed by atoms with Crippen molar-refractivity contribution < 1.29 is 4.79 Å². The lowest BCUT2D eigenvalue weighted by Gasteiger charge is -2.12. The summed E-state index contributed by atoms with van der Waals surface area (Å²) in [4.78, 5) is 17.4. The molecule has 0 saturated heterocycles. The van der Waals surface area contributed by atoms with Crippen LogP contribution in [-0.4, -0.2) is 20.7 Å². The maximum atomic E-state index is 12.2. The molecule has 0 saturated carbocycles. The summed E-state index contributed by atoms with van der Waals surface area (Å²) in [6.45, 7) is 2.46. The summed E-state index contributed by atoms with van der Waals surface area (Å²) in [6.07, 6.45) is 5.42. The SMILES string of the molecule is C[C@@H](Sc1ccccc1)C(=O)NCc1ccc(-n2ccnc2)cc1. The van der Waals surface area contributed by atoms with E-state index in [1.807, 2.05) is 72.3 Å². The Morgan fingerprint density at radius 2 is 1.92 bits per heavy atom. The van der Waals surface area contributed by atoms with Crippen LogP contribution in [0.25, 0.3) is 5.69 Å². The maximum Gasteiger partial charge on any atom is 0.233 e. The van der Waals surface area contributed by atoms with Crippen LogP contribution < -0.4 is 5.32 Å².